The van der Waals surface area contributed by atoms with Gasteiger partial charge in [-0.25, -0.2) is 0 Å². The molecule has 0 unspecified atom stereocenters. The molecule has 1 heterocycles. The maximum Gasteiger partial charge on any atom is 0.573 e. The summed E-state index contributed by atoms with van der Waals surface area (Å²) in [5.74, 6) is -0.996. The summed E-state index contributed by atoms with van der Waals surface area (Å²) in [5.41, 5.74) is -0.0457. The van der Waals surface area contributed by atoms with E-state index in [2.05, 4.69) is 10.1 Å². The van der Waals surface area contributed by atoms with Gasteiger partial charge in [-0.15, -0.1) is 24.5 Å². The maximum absolute atomic E-state index is 12.2. The van der Waals surface area contributed by atoms with Crippen LogP contribution in [0.2, 0.25) is 0 Å². The number of nitrogens with one attached hydrogen (secondary N) is 1. The Morgan fingerprint density at radius 3 is 2.62 bits per heavy atom. The molecule has 3 nitrogen and oxygen atoms in total. The average molecular weight is 313 g/mol. The summed E-state index contributed by atoms with van der Waals surface area (Å²) >= 11 is 1.44. The zero-order valence-corrected chi connectivity index (χ0v) is 11.4. The van der Waals surface area contributed by atoms with E-state index in [0.29, 0.717) is 0 Å². The molecule has 0 saturated carbocycles. The van der Waals surface area contributed by atoms with Crippen molar-refractivity contribution >= 4 is 29.0 Å². The SMILES string of the molecule is O=C(/C=C/c1cccs1)Nc1ccccc1OC(F)(F)F. The molecule has 1 aromatic carbocycles. The van der Waals surface area contributed by atoms with Crippen molar-refractivity contribution in [2.75, 3.05) is 5.32 Å². The van der Waals surface area contributed by atoms with Crippen LogP contribution in [0.5, 0.6) is 5.75 Å². The summed E-state index contributed by atoms with van der Waals surface area (Å²) in [6.07, 6.45) is -1.99. The van der Waals surface area contributed by atoms with Crippen LogP contribution in [0.4, 0.5) is 18.9 Å². The molecule has 21 heavy (non-hydrogen) atoms. The van der Waals surface area contributed by atoms with E-state index in [1.807, 2.05) is 17.5 Å². The molecule has 1 amide bonds. The quantitative estimate of drug-likeness (QED) is 0.855. The van der Waals surface area contributed by atoms with Crippen molar-refractivity contribution < 1.29 is 22.7 Å². The number of benzene rings is 1. The molecule has 110 valence electrons. The molecule has 0 aliphatic rings. The Hall–Kier alpha value is -2.28. The number of para-hydroxylation sites is 2. The number of hydrogen-bond acceptors (Lipinski definition) is 3. The first-order chi connectivity index (χ1) is 9.94. The van der Waals surface area contributed by atoms with E-state index in [4.69, 9.17) is 0 Å². The van der Waals surface area contributed by atoms with E-state index in [-0.39, 0.29) is 5.69 Å². The van der Waals surface area contributed by atoms with Crippen molar-refractivity contribution in [2.45, 2.75) is 6.36 Å². The third-order valence-electron chi connectivity index (χ3n) is 2.31. The van der Waals surface area contributed by atoms with Crippen molar-refractivity contribution in [2.24, 2.45) is 0 Å². The van der Waals surface area contributed by atoms with Gasteiger partial charge in [0.05, 0.1) is 5.69 Å². The van der Waals surface area contributed by atoms with Gasteiger partial charge < -0.3 is 10.1 Å². The first-order valence-corrected chi connectivity index (χ1v) is 6.69. The second-order valence-corrected chi connectivity index (χ2v) is 4.86. The standard InChI is InChI=1S/C14H10F3NO2S/c15-14(16,17)20-12-6-2-1-5-11(12)18-13(19)8-7-10-4-3-9-21-10/h1-9H,(H,18,19)/b8-7+. The zero-order chi connectivity index (χ0) is 15.3. The summed E-state index contributed by atoms with van der Waals surface area (Å²) in [7, 11) is 0. The number of carbonyl (C=O) groups excluding carboxylic acids is 1. The topological polar surface area (TPSA) is 38.3 Å². The minimum atomic E-state index is -4.81. The van der Waals surface area contributed by atoms with Gasteiger partial charge in [-0.3, -0.25) is 4.79 Å². The molecule has 0 aliphatic heterocycles. The molecule has 0 aliphatic carbocycles. The number of rotatable bonds is 4. The van der Waals surface area contributed by atoms with Gasteiger partial charge in [0, 0.05) is 11.0 Å². The van der Waals surface area contributed by atoms with E-state index in [9.17, 15) is 18.0 Å². The Labute approximate surface area is 122 Å². The summed E-state index contributed by atoms with van der Waals surface area (Å²) in [6.45, 7) is 0. The predicted molar refractivity (Wildman–Crippen MR) is 75.1 cm³/mol. The average Bonchev–Trinajstić information content (AvgIpc) is 2.90. The van der Waals surface area contributed by atoms with Crippen LogP contribution in [0.3, 0.4) is 0 Å². The van der Waals surface area contributed by atoms with E-state index < -0.39 is 18.0 Å². The second kappa shape index (κ2) is 6.45. The van der Waals surface area contributed by atoms with Crippen molar-refractivity contribution in [3.63, 3.8) is 0 Å². The Morgan fingerprint density at radius 1 is 1.19 bits per heavy atom. The molecule has 2 aromatic rings. The minimum Gasteiger partial charge on any atom is -0.404 e. The Morgan fingerprint density at radius 2 is 1.95 bits per heavy atom. The molecule has 0 bridgehead atoms. The highest BCUT2D eigenvalue weighted by Gasteiger charge is 2.32. The number of thiophene rings is 1. The van der Waals surface area contributed by atoms with Crippen molar-refractivity contribution in [3.05, 3.63) is 52.7 Å². The fourth-order valence-corrected chi connectivity index (χ4v) is 2.12. The maximum atomic E-state index is 12.2. The highest BCUT2D eigenvalue weighted by Crippen LogP contribution is 2.29. The lowest BCUT2D eigenvalue weighted by molar-refractivity contribution is -0.274. The van der Waals surface area contributed by atoms with E-state index in [1.165, 1.54) is 35.6 Å². The van der Waals surface area contributed by atoms with Crippen molar-refractivity contribution in [1.29, 1.82) is 0 Å². The van der Waals surface area contributed by atoms with E-state index in [1.54, 1.807) is 6.08 Å². The van der Waals surface area contributed by atoms with Crippen LogP contribution in [0.15, 0.2) is 47.9 Å². The number of amides is 1. The van der Waals surface area contributed by atoms with Gasteiger partial charge in [0.25, 0.3) is 0 Å². The Kier molecular flexibility index (Phi) is 4.64. The van der Waals surface area contributed by atoms with Crippen molar-refractivity contribution in [3.8, 4) is 5.75 Å². The first-order valence-electron chi connectivity index (χ1n) is 5.81. The molecule has 0 spiro atoms. The van der Waals surface area contributed by atoms with Crippen LogP contribution < -0.4 is 10.1 Å². The predicted octanol–water partition coefficient (Wildman–Crippen LogP) is 4.30. The molecular weight excluding hydrogens is 303 g/mol. The van der Waals surface area contributed by atoms with Gasteiger partial charge >= 0.3 is 6.36 Å². The van der Waals surface area contributed by atoms with Crippen LogP contribution >= 0.6 is 11.3 Å². The molecule has 2 rings (SSSR count). The number of alkyl halides is 3. The Bertz CT molecular complexity index is 636. The van der Waals surface area contributed by atoms with E-state index >= 15 is 0 Å². The zero-order valence-electron chi connectivity index (χ0n) is 10.6. The normalized spacial score (nSPS) is 11.6. The lowest BCUT2D eigenvalue weighted by atomic mass is 10.3. The summed E-state index contributed by atoms with van der Waals surface area (Å²) < 4.78 is 40.6. The smallest absolute Gasteiger partial charge is 0.404 e. The lowest BCUT2D eigenvalue weighted by Gasteiger charge is -2.12. The molecule has 0 fully saturated rings. The summed E-state index contributed by atoms with van der Waals surface area (Å²) in [4.78, 5) is 12.6. The number of ether oxygens (including phenoxy) is 1. The fourth-order valence-electron chi connectivity index (χ4n) is 1.50. The lowest BCUT2D eigenvalue weighted by Crippen LogP contribution is -2.19. The molecule has 0 radical (unpaired) electrons. The van der Waals surface area contributed by atoms with Gasteiger partial charge in [-0.05, 0) is 29.7 Å². The third kappa shape index (κ3) is 4.96. The summed E-state index contributed by atoms with van der Waals surface area (Å²) in [6, 6.07) is 8.99. The van der Waals surface area contributed by atoms with Crippen LogP contribution in [-0.2, 0) is 4.79 Å². The molecule has 0 saturated heterocycles. The highest BCUT2D eigenvalue weighted by atomic mass is 32.1. The van der Waals surface area contributed by atoms with Crippen LogP contribution in [0.25, 0.3) is 6.08 Å². The number of carbonyl (C=O) groups is 1. The summed E-state index contributed by atoms with van der Waals surface area (Å²) in [5, 5.41) is 4.20. The molecule has 1 N–H and O–H groups in total. The third-order valence-corrected chi connectivity index (χ3v) is 3.15. The second-order valence-electron chi connectivity index (χ2n) is 3.88. The number of anilines is 1. The van der Waals surface area contributed by atoms with Crippen LogP contribution in [-0.4, -0.2) is 12.3 Å². The van der Waals surface area contributed by atoms with Gasteiger partial charge in [0.15, 0.2) is 5.75 Å². The van der Waals surface area contributed by atoms with Gasteiger partial charge in [0.1, 0.15) is 0 Å². The van der Waals surface area contributed by atoms with E-state index in [0.717, 1.165) is 10.9 Å². The monoisotopic (exact) mass is 313 g/mol. The van der Waals surface area contributed by atoms with Gasteiger partial charge in [0.2, 0.25) is 5.91 Å². The first kappa shape index (κ1) is 15.1. The fraction of sp³-hybridized carbons (Fsp3) is 0.0714. The number of halogens is 3. The van der Waals surface area contributed by atoms with Gasteiger partial charge in [-0.1, -0.05) is 18.2 Å². The van der Waals surface area contributed by atoms with Crippen LogP contribution in [0.1, 0.15) is 4.88 Å². The highest BCUT2D eigenvalue weighted by molar-refractivity contribution is 7.10. The van der Waals surface area contributed by atoms with Gasteiger partial charge in [-0.2, -0.15) is 0 Å². The van der Waals surface area contributed by atoms with Crippen molar-refractivity contribution in [1.82, 2.24) is 0 Å². The largest absolute Gasteiger partial charge is 0.573 e. The minimum absolute atomic E-state index is 0.0457. The molecule has 1 aromatic heterocycles. The molecule has 7 heteroatoms. The Balaban J connectivity index is 2.07. The molecule has 0 atom stereocenters. The van der Waals surface area contributed by atoms with Crippen LogP contribution in [0, 0.1) is 0 Å². The molecular formula is C14H10F3NO2S. The number of hydrogen-bond donors (Lipinski definition) is 1.